The van der Waals surface area contributed by atoms with Crippen molar-refractivity contribution in [2.45, 2.75) is 0 Å². The average Bonchev–Trinajstić information content (AvgIpc) is 3.53. The molecule has 0 fully saturated rings. The predicted molar refractivity (Wildman–Crippen MR) is 123 cm³/mol. The van der Waals surface area contributed by atoms with Crippen LogP contribution in [-0.2, 0) is 0 Å². The van der Waals surface area contributed by atoms with Crippen molar-refractivity contribution >= 4 is 71.3 Å². The van der Waals surface area contributed by atoms with Crippen LogP contribution in [-0.4, -0.2) is 14.4 Å². The number of benzene rings is 3. The van der Waals surface area contributed by atoms with Crippen molar-refractivity contribution in [1.29, 1.82) is 0 Å². The molecule has 0 saturated heterocycles. The van der Waals surface area contributed by atoms with Crippen molar-refractivity contribution in [2.75, 3.05) is 0 Å². The third-order valence-electron chi connectivity index (χ3n) is 6.29. The van der Waals surface area contributed by atoms with Gasteiger partial charge in [-0.2, -0.15) is 0 Å². The molecule has 0 spiro atoms. The molecule has 3 aromatic carbocycles. The Morgan fingerprint density at radius 3 is 2.10 bits per heavy atom. The van der Waals surface area contributed by atoms with Crippen LogP contribution in [0.3, 0.4) is 0 Å². The number of furan rings is 2. The van der Waals surface area contributed by atoms with E-state index in [-0.39, 0.29) is 0 Å². The molecule has 8 aromatic rings. The highest BCUT2D eigenvalue weighted by atomic mass is 16.3. The first kappa shape index (κ1) is 15.5. The Kier molecular flexibility index (Phi) is 2.60. The average molecular weight is 399 g/mol. The summed E-state index contributed by atoms with van der Waals surface area (Å²) in [6, 6.07) is 20.3. The SMILES string of the molecule is c1ccc2c(c1)oc1c2c2oc3ccccc3c2c2c1c1ncccc1c1nccn12. The number of rotatable bonds is 0. The van der Waals surface area contributed by atoms with E-state index in [9.17, 15) is 0 Å². The Labute approximate surface area is 174 Å². The maximum Gasteiger partial charge on any atom is 0.150 e. The summed E-state index contributed by atoms with van der Waals surface area (Å²) in [5.41, 5.74) is 6.07. The van der Waals surface area contributed by atoms with Crippen LogP contribution in [0.25, 0.3) is 71.3 Å². The molecular formula is C26H13N3O2. The number of hydrogen-bond acceptors (Lipinski definition) is 4. The molecule has 0 atom stereocenters. The van der Waals surface area contributed by atoms with Crippen LogP contribution < -0.4 is 0 Å². The number of aromatic nitrogens is 3. The quantitative estimate of drug-likeness (QED) is 0.262. The Hall–Kier alpha value is -4.38. The first-order valence-electron chi connectivity index (χ1n) is 10.2. The number of nitrogens with zero attached hydrogens (tertiary/aromatic N) is 3. The van der Waals surface area contributed by atoms with Gasteiger partial charge in [-0.05, 0) is 24.3 Å². The molecule has 0 radical (unpaired) electrons. The van der Waals surface area contributed by atoms with Crippen LogP contribution in [0.2, 0.25) is 0 Å². The maximum absolute atomic E-state index is 6.47. The summed E-state index contributed by atoms with van der Waals surface area (Å²) < 4.78 is 15.1. The van der Waals surface area contributed by atoms with Crippen LogP contribution in [0.4, 0.5) is 0 Å². The molecule has 0 aliphatic rings. The van der Waals surface area contributed by atoms with E-state index < -0.39 is 0 Å². The van der Waals surface area contributed by atoms with Gasteiger partial charge >= 0.3 is 0 Å². The molecule has 0 saturated carbocycles. The fourth-order valence-corrected chi connectivity index (χ4v) is 5.06. The predicted octanol–water partition coefficient (Wildman–Crippen LogP) is 6.83. The highest BCUT2D eigenvalue weighted by Gasteiger charge is 2.24. The van der Waals surface area contributed by atoms with Crippen molar-refractivity contribution in [3.05, 3.63) is 79.3 Å². The van der Waals surface area contributed by atoms with E-state index in [4.69, 9.17) is 13.8 Å². The molecule has 0 bridgehead atoms. The molecule has 8 rings (SSSR count). The van der Waals surface area contributed by atoms with Crippen molar-refractivity contribution < 1.29 is 8.83 Å². The lowest BCUT2D eigenvalue weighted by Crippen LogP contribution is -1.93. The molecule has 5 heterocycles. The summed E-state index contributed by atoms with van der Waals surface area (Å²) in [7, 11) is 0. The first-order chi connectivity index (χ1) is 15.4. The van der Waals surface area contributed by atoms with Crippen LogP contribution in [0.5, 0.6) is 0 Å². The third-order valence-corrected chi connectivity index (χ3v) is 6.29. The highest BCUT2D eigenvalue weighted by molar-refractivity contribution is 6.36. The number of para-hydroxylation sites is 2. The first-order valence-corrected chi connectivity index (χ1v) is 10.2. The monoisotopic (exact) mass is 399 g/mol. The summed E-state index contributed by atoms with van der Waals surface area (Å²) in [5.74, 6) is 0. The van der Waals surface area contributed by atoms with E-state index in [2.05, 4.69) is 27.6 Å². The van der Waals surface area contributed by atoms with Gasteiger partial charge in [-0.25, -0.2) is 4.98 Å². The van der Waals surface area contributed by atoms with Crippen LogP contribution in [0.1, 0.15) is 0 Å². The minimum Gasteiger partial charge on any atom is -0.455 e. The Morgan fingerprint density at radius 1 is 0.613 bits per heavy atom. The highest BCUT2D eigenvalue weighted by Crippen LogP contribution is 2.46. The number of imidazole rings is 1. The molecule has 5 nitrogen and oxygen atoms in total. The molecule has 0 aliphatic carbocycles. The number of hydrogen-bond donors (Lipinski definition) is 0. The van der Waals surface area contributed by atoms with Gasteiger partial charge < -0.3 is 8.83 Å². The van der Waals surface area contributed by atoms with Crippen LogP contribution >= 0.6 is 0 Å². The minimum absolute atomic E-state index is 0.794. The van der Waals surface area contributed by atoms with Gasteiger partial charge in [0.1, 0.15) is 22.4 Å². The Balaban J connectivity index is 1.88. The van der Waals surface area contributed by atoms with Gasteiger partial charge in [0.15, 0.2) is 5.58 Å². The topological polar surface area (TPSA) is 56.5 Å². The fraction of sp³-hybridized carbons (Fsp3) is 0. The Bertz CT molecular complexity index is 2010. The van der Waals surface area contributed by atoms with Gasteiger partial charge in [0.05, 0.1) is 27.2 Å². The minimum atomic E-state index is 0.794. The maximum atomic E-state index is 6.47. The standard InChI is InChI=1S/C26H13N3O2/c1-3-9-17-14(6-1)19-23-21(22-16(8-5-11-27-22)26-28-12-13-29(23)26)25-20(24(19)30-17)15-7-2-4-10-18(15)31-25/h1-13H. The van der Waals surface area contributed by atoms with E-state index in [1.807, 2.05) is 61.1 Å². The van der Waals surface area contributed by atoms with E-state index in [1.54, 1.807) is 0 Å². The van der Waals surface area contributed by atoms with E-state index in [0.29, 0.717) is 0 Å². The summed E-state index contributed by atoms with van der Waals surface area (Å²) >= 11 is 0. The number of fused-ring (bicyclic) bond motifs is 15. The molecule has 0 N–H and O–H groups in total. The van der Waals surface area contributed by atoms with Gasteiger partial charge in [-0.15, -0.1) is 0 Å². The summed E-state index contributed by atoms with van der Waals surface area (Å²) in [5, 5.41) is 6.12. The molecule has 0 unspecified atom stereocenters. The zero-order valence-electron chi connectivity index (χ0n) is 16.2. The zero-order chi connectivity index (χ0) is 20.1. The molecule has 144 valence electrons. The van der Waals surface area contributed by atoms with E-state index in [0.717, 1.165) is 71.3 Å². The van der Waals surface area contributed by atoms with Gasteiger partial charge in [-0.3, -0.25) is 9.38 Å². The smallest absolute Gasteiger partial charge is 0.150 e. The van der Waals surface area contributed by atoms with Gasteiger partial charge in [-0.1, -0.05) is 36.4 Å². The van der Waals surface area contributed by atoms with Gasteiger partial charge in [0.25, 0.3) is 0 Å². The van der Waals surface area contributed by atoms with Crippen molar-refractivity contribution in [3.63, 3.8) is 0 Å². The second-order valence-electron chi connectivity index (χ2n) is 7.85. The van der Waals surface area contributed by atoms with Crippen molar-refractivity contribution in [3.8, 4) is 0 Å². The van der Waals surface area contributed by atoms with Crippen LogP contribution in [0.15, 0.2) is 88.1 Å². The summed E-state index contributed by atoms with van der Waals surface area (Å²) in [4.78, 5) is 9.44. The summed E-state index contributed by atoms with van der Waals surface area (Å²) in [6.07, 6.45) is 5.66. The lowest BCUT2D eigenvalue weighted by atomic mass is 10.0. The number of pyridine rings is 2. The molecule has 5 heteroatoms. The second-order valence-corrected chi connectivity index (χ2v) is 7.85. The molecule has 0 aliphatic heterocycles. The molecule has 0 amide bonds. The van der Waals surface area contributed by atoms with E-state index in [1.165, 1.54) is 0 Å². The normalized spacial score (nSPS) is 12.5. The van der Waals surface area contributed by atoms with Gasteiger partial charge in [0.2, 0.25) is 0 Å². The van der Waals surface area contributed by atoms with Gasteiger partial charge in [0, 0.05) is 34.7 Å². The molecule has 5 aromatic heterocycles. The second kappa shape index (κ2) is 5.21. The molecular weight excluding hydrogens is 386 g/mol. The van der Waals surface area contributed by atoms with Crippen molar-refractivity contribution in [2.24, 2.45) is 0 Å². The zero-order valence-corrected chi connectivity index (χ0v) is 16.2. The largest absolute Gasteiger partial charge is 0.455 e. The van der Waals surface area contributed by atoms with E-state index >= 15 is 0 Å². The fourth-order valence-electron chi connectivity index (χ4n) is 5.06. The lowest BCUT2D eigenvalue weighted by Gasteiger charge is -2.09. The lowest BCUT2D eigenvalue weighted by molar-refractivity contribution is 0.665. The summed E-state index contributed by atoms with van der Waals surface area (Å²) in [6.45, 7) is 0. The van der Waals surface area contributed by atoms with Crippen LogP contribution in [0, 0.1) is 0 Å². The van der Waals surface area contributed by atoms with Crippen molar-refractivity contribution in [1.82, 2.24) is 14.4 Å². The molecule has 31 heavy (non-hydrogen) atoms. The third kappa shape index (κ3) is 1.74. The Morgan fingerprint density at radius 2 is 1.29 bits per heavy atom.